The summed E-state index contributed by atoms with van der Waals surface area (Å²) in [4.78, 5) is 13.1. The Morgan fingerprint density at radius 1 is 1.35 bits per heavy atom. The van der Waals surface area contributed by atoms with E-state index in [9.17, 15) is 27.1 Å². The van der Waals surface area contributed by atoms with E-state index in [1.54, 1.807) is 12.1 Å². The van der Waals surface area contributed by atoms with Crippen LogP contribution in [0.15, 0.2) is 24.3 Å². The lowest BCUT2D eigenvalue weighted by Crippen LogP contribution is -2.38. The van der Waals surface area contributed by atoms with Gasteiger partial charge in [0.05, 0.1) is 5.75 Å². The van der Waals surface area contributed by atoms with Crippen LogP contribution in [0.5, 0.6) is 0 Å². The third kappa shape index (κ3) is 3.35. The monoisotopic (exact) mass is 301 g/mol. The van der Waals surface area contributed by atoms with Gasteiger partial charge in [0.2, 0.25) is 5.91 Å². The molecule has 0 aromatic heterocycles. The van der Waals surface area contributed by atoms with E-state index < -0.39 is 29.0 Å². The third-order valence-electron chi connectivity index (χ3n) is 3.15. The first kappa shape index (κ1) is 15.0. The molecule has 2 rings (SSSR count). The van der Waals surface area contributed by atoms with Crippen LogP contribution in [-0.2, 0) is 15.0 Å². The molecule has 1 fully saturated rings. The van der Waals surface area contributed by atoms with Crippen LogP contribution in [0.4, 0.5) is 9.57 Å². The van der Waals surface area contributed by atoms with E-state index in [2.05, 4.69) is 0 Å². The van der Waals surface area contributed by atoms with Gasteiger partial charge in [0, 0.05) is 30.0 Å². The number of nitrogens with zero attached hydrogens (tertiary/aromatic N) is 1. The Morgan fingerprint density at radius 2 is 2.00 bits per heavy atom. The highest BCUT2D eigenvalue weighted by Crippen LogP contribution is 2.25. The molecule has 2 N–H and O–H groups in total. The second-order valence-corrected chi connectivity index (χ2v) is 6.12. The van der Waals surface area contributed by atoms with Gasteiger partial charge in [-0.2, -0.15) is 8.42 Å². The van der Waals surface area contributed by atoms with Gasteiger partial charge < -0.3 is 14.9 Å². The van der Waals surface area contributed by atoms with E-state index in [0.717, 1.165) is 0 Å². The fourth-order valence-corrected chi connectivity index (χ4v) is 3.15. The van der Waals surface area contributed by atoms with Gasteiger partial charge in [-0.25, -0.2) is 0 Å². The number of halogens is 1. The molecule has 0 bridgehead atoms. The summed E-state index contributed by atoms with van der Waals surface area (Å²) in [6.45, 7) is 0.0334. The molecule has 0 saturated carbocycles. The zero-order valence-corrected chi connectivity index (χ0v) is 11.3. The minimum absolute atomic E-state index is 0.0334. The lowest BCUT2D eigenvalue weighted by atomic mass is 9.78. The number of para-hydroxylation sites is 1. The lowest BCUT2D eigenvalue weighted by molar-refractivity contribution is -0.117. The van der Waals surface area contributed by atoms with Crippen molar-refractivity contribution in [2.75, 3.05) is 17.2 Å². The Balaban J connectivity index is 2.24. The Labute approximate surface area is 116 Å². The predicted octanol–water partition coefficient (Wildman–Crippen LogP) is -0.981. The van der Waals surface area contributed by atoms with Crippen LogP contribution < -0.4 is 10.4 Å². The molecule has 1 unspecified atom stereocenters. The minimum Gasteiger partial charge on any atom is -0.423 e. The molecule has 0 radical (unpaired) electrons. The zero-order valence-electron chi connectivity index (χ0n) is 10.4. The second kappa shape index (κ2) is 5.51. The number of carbonyl (C=O) groups is 1. The minimum atomic E-state index is -4.64. The SMILES string of the molecule is O=C1CC(CS(=O)(=O)F)CN1c1ccccc1B(O)O. The highest BCUT2D eigenvalue weighted by Gasteiger charge is 2.35. The van der Waals surface area contributed by atoms with E-state index >= 15 is 0 Å². The van der Waals surface area contributed by atoms with Crippen LogP contribution in [0.2, 0.25) is 0 Å². The molecule has 1 aliphatic heterocycles. The molecule has 1 aromatic rings. The highest BCUT2D eigenvalue weighted by molar-refractivity contribution is 7.86. The quantitative estimate of drug-likeness (QED) is 0.550. The molecule has 1 aromatic carbocycles. The molecule has 0 aliphatic carbocycles. The smallest absolute Gasteiger partial charge is 0.423 e. The maximum atomic E-state index is 12.7. The maximum Gasteiger partial charge on any atom is 0.490 e. The van der Waals surface area contributed by atoms with Gasteiger partial charge in [0.25, 0.3) is 0 Å². The number of carbonyl (C=O) groups excluding carboxylic acids is 1. The lowest BCUT2D eigenvalue weighted by Gasteiger charge is -2.20. The van der Waals surface area contributed by atoms with Crippen LogP contribution >= 0.6 is 0 Å². The van der Waals surface area contributed by atoms with Gasteiger partial charge >= 0.3 is 17.3 Å². The Bertz CT molecular complexity index is 621. The van der Waals surface area contributed by atoms with Crippen LogP contribution in [0.3, 0.4) is 0 Å². The van der Waals surface area contributed by atoms with Crippen LogP contribution in [0.25, 0.3) is 0 Å². The number of anilines is 1. The first-order chi connectivity index (χ1) is 9.28. The van der Waals surface area contributed by atoms with Gasteiger partial charge in [-0.15, -0.1) is 3.89 Å². The molecule has 20 heavy (non-hydrogen) atoms. The number of rotatable bonds is 4. The Hall–Kier alpha value is -1.45. The topological polar surface area (TPSA) is 94.9 Å². The Morgan fingerprint density at radius 3 is 2.60 bits per heavy atom. The van der Waals surface area contributed by atoms with Gasteiger partial charge in [0.15, 0.2) is 0 Å². The maximum absolute atomic E-state index is 12.7. The number of hydrogen-bond donors (Lipinski definition) is 2. The normalized spacial score (nSPS) is 19.4. The highest BCUT2D eigenvalue weighted by atomic mass is 32.3. The molecule has 1 saturated heterocycles. The van der Waals surface area contributed by atoms with Crippen molar-refractivity contribution in [3.05, 3.63) is 24.3 Å². The fraction of sp³-hybridized carbons (Fsp3) is 0.364. The second-order valence-electron chi connectivity index (χ2n) is 4.71. The van der Waals surface area contributed by atoms with Crippen molar-refractivity contribution in [1.82, 2.24) is 0 Å². The largest absolute Gasteiger partial charge is 0.490 e. The molecule has 1 heterocycles. The van der Waals surface area contributed by atoms with Crippen LogP contribution in [0, 0.1) is 5.92 Å². The van der Waals surface area contributed by atoms with E-state index in [4.69, 9.17) is 0 Å². The molecule has 9 heteroatoms. The Kier molecular flexibility index (Phi) is 4.12. The van der Waals surface area contributed by atoms with Crippen molar-refractivity contribution in [3.63, 3.8) is 0 Å². The average Bonchev–Trinajstić information content (AvgIpc) is 2.67. The summed E-state index contributed by atoms with van der Waals surface area (Å²) < 4.78 is 33.9. The summed E-state index contributed by atoms with van der Waals surface area (Å²) in [6.07, 6.45) is -0.0843. The molecule has 0 spiro atoms. The third-order valence-corrected chi connectivity index (χ3v) is 4.02. The molecule has 1 amide bonds. The van der Waals surface area contributed by atoms with Gasteiger partial charge in [0.1, 0.15) is 0 Å². The zero-order chi connectivity index (χ0) is 14.9. The van der Waals surface area contributed by atoms with E-state index in [1.165, 1.54) is 17.0 Å². The van der Waals surface area contributed by atoms with Gasteiger partial charge in [-0.3, -0.25) is 4.79 Å². The first-order valence-electron chi connectivity index (χ1n) is 5.95. The van der Waals surface area contributed by atoms with Crippen LogP contribution in [0.1, 0.15) is 6.42 Å². The van der Waals surface area contributed by atoms with E-state index in [-0.39, 0.29) is 24.3 Å². The van der Waals surface area contributed by atoms with Crippen molar-refractivity contribution >= 4 is 34.4 Å². The predicted molar refractivity (Wildman–Crippen MR) is 71.6 cm³/mol. The molecule has 6 nitrogen and oxygen atoms in total. The standard InChI is InChI=1S/C11H13BFNO5S/c13-20(18,19)7-8-5-11(15)14(6-8)10-4-2-1-3-9(10)12(16)17/h1-4,8,16-17H,5-7H2. The number of hydrogen-bond acceptors (Lipinski definition) is 5. The van der Waals surface area contributed by atoms with Crippen molar-refractivity contribution in [1.29, 1.82) is 0 Å². The summed E-state index contributed by atoms with van der Waals surface area (Å²) in [5.41, 5.74) is 0.441. The van der Waals surface area contributed by atoms with Gasteiger partial charge in [-0.1, -0.05) is 18.2 Å². The van der Waals surface area contributed by atoms with E-state index in [1.807, 2.05) is 0 Å². The summed E-state index contributed by atoms with van der Waals surface area (Å²) >= 11 is 0. The van der Waals surface area contributed by atoms with Crippen molar-refractivity contribution in [2.45, 2.75) is 6.42 Å². The molecular formula is C11H13BFNO5S. The molecule has 1 aliphatic rings. The van der Waals surface area contributed by atoms with Crippen molar-refractivity contribution in [2.24, 2.45) is 5.92 Å². The summed E-state index contributed by atoms with van der Waals surface area (Å²) in [5.74, 6) is -1.72. The summed E-state index contributed by atoms with van der Waals surface area (Å²) in [5, 5.41) is 18.5. The molecule has 108 valence electrons. The summed E-state index contributed by atoms with van der Waals surface area (Å²) in [6, 6.07) is 6.18. The van der Waals surface area contributed by atoms with E-state index in [0.29, 0.717) is 5.69 Å². The molecule has 1 atom stereocenters. The number of amides is 1. The first-order valence-corrected chi connectivity index (χ1v) is 7.51. The number of benzene rings is 1. The van der Waals surface area contributed by atoms with Crippen molar-refractivity contribution in [3.8, 4) is 0 Å². The van der Waals surface area contributed by atoms with Crippen LogP contribution in [-0.4, -0.2) is 43.8 Å². The average molecular weight is 301 g/mol. The van der Waals surface area contributed by atoms with Crippen molar-refractivity contribution < 1.29 is 27.1 Å². The summed E-state index contributed by atoms with van der Waals surface area (Å²) in [7, 11) is -6.39. The fourth-order valence-electron chi connectivity index (χ4n) is 2.36. The van der Waals surface area contributed by atoms with Gasteiger partial charge in [-0.05, 0) is 6.07 Å². The molecular weight excluding hydrogens is 288 g/mol.